The number of anilines is 1. The Morgan fingerprint density at radius 1 is 1.08 bits per heavy atom. The Kier molecular flexibility index (Phi) is 9.05. The second kappa shape index (κ2) is 13.1. The van der Waals surface area contributed by atoms with E-state index in [1.807, 2.05) is 24.9 Å². The molecule has 0 spiro atoms. The summed E-state index contributed by atoms with van der Waals surface area (Å²) in [7, 11) is 5.19. The van der Waals surface area contributed by atoms with Gasteiger partial charge < -0.3 is 29.7 Å². The van der Waals surface area contributed by atoms with Crippen LogP contribution in [0.3, 0.4) is 0 Å². The van der Waals surface area contributed by atoms with Crippen LogP contribution in [0.5, 0.6) is 11.5 Å². The number of pyridine rings is 1. The number of urea groups is 1. The van der Waals surface area contributed by atoms with Crippen molar-refractivity contribution >= 4 is 28.7 Å². The average Bonchev–Trinajstić information content (AvgIpc) is 3.48. The molecule has 2 N–H and O–H groups in total. The summed E-state index contributed by atoms with van der Waals surface area (Å²) in [4.78, 5) is 39.8. The molecule has 0 bridgehead atoms. The fourth-order valence-electron chi connectivity index (χ4n) is 6.23. The van der Waals surface area contributed by atoms with Crippen molar-refractivity contribution in [2.75, 3.05) is 59.2 Å². The lowest BCUT2D eigenvalue weighted by atomic mass is 9.91. The molecule has 0 radical (unpaired) electrons. The average molecular weight is 668 g/mol. The Morgan fingerprint density at radius 3 is 2.54 bits per heavy atom. The Balaban J connectivity index is 1.19. The minimum absolute atomic E-state index is 0.0563. The normalized spacial score (nSPS) is 17.3. The quantitative estimate of drug-likeness (QED) is 0.241. The van der Waals surface area contributed by atoms with Crippen molar-refractivity contribution in [1.82, 2.24) is 29.6 Å². The molecule has 4 heterocycles. The van der Waals surface area contributed by atoms with E-state index in [9.17, 15) is 27.2 Å². The molecule has 3 amide bonds. The minimum atomic E-state index is -4.58. The van der Waals surface area contributed by atoms with Crippen molar-refractivity contribution < 1.29 is 31.9 Å². The molecule has 2 aromatic heterocycles. The van der Waals surface area contributed by atoms with E-state index in [1.165, 1.54) is 28.0 Å². The van der Waals surface area contributed by atoms with Gasteiger partial charge in [-0.25, -0.2) is 14.2 Å². The van der Waals surface area contributed by atoms with Crippen LogP contribution < -0.4 is 10.1 Å². The lowest BCUT2D eigenvalue weighted by Gasteiger charge is -2.34. The monoisotopic (exact) mass is 667 g/mol. The van der Waals surface area contributed by atoms with Crippen LogP contribution in [0.1, 0.15) is 45.6 Å². The molecule has 10 nitrogen and oxygen atoms in total. The van der Waals surface area contributed by atoms with E-state index >= 15 is 0 Å². The Morgan fingerprint density at radius 2 is 1.83 bits per heavy atom. The van der Waals surface area contributed by atoms with Crippen molar-refractivity contribution in [3.63, 3.8) is 0 Å². The molecule has 2 aliphatic rings. The zero-order chi connectivity index (χ0) is 34.3. The number of rotatable bonds is 6. The lowest BCUT2D eigenvalue weighted by Crippen LogP contribution is -2.44. The Bertz CT molecular complexity index is 1850. The van der Waals surface area contributed by atoms with Crippen molar-refractivity contribution in [2.45, 2.75) is 32.1 Å². The molecular formula is C34H37F4N7O3. The van der Waals surface area contributed by atoms with Gasteiger partial charge in [0.1, 0.15) is 17.1 Å². The number of halogens is 4. The summed E-state index contributed by atoms with van der Waals surface area (Å²) in [6.45, 7) is 5.57. The van der Waals surface area contributed by atoms with Crippen LogP contribution in [0.2, 0.25) is 0 Å². The summed E-state index contributed by atoms with van der Waals surface area (Å²) >= 11 is 0. The van der Waals surface area contributed by atoms with Gasteiger partial charge in [0.15, 0.2) is 11.6 Å². The number of nitrogens with one attached hydrogen (secondary N) is 2. The van der Waals surface area contributed by atoms with E-state index in [0.29, 0.717) is 30.8 Å². The van der Waals surface area contributed by atoms with Crippen LogP contribution >= 0.6 is 0 Å². The third-order valence-corrected chi connectivity index (χ3v) is 8.87. The van der Waals surface area contributed by atoms with E-state index in [-0.39, 0.29) is 53.3 Å². The smallest absolute Gasteiger partial charge is 0.416 e. The van der Waals surface area contributed by atoms with E-state index in [2.05, 4.69) is 20.2 Å². The van der Waals surface area contributed by atoms with Gasteiger partial charge in [-0.05, 0) is 60.0 Å². The molecule has 4 aromatic rings. The number of piperazine rings is 1. The first-order valence-corrected chi connectivity index (χ1v) is 15.6. The molecular weight excluding hydrogens is 630 g/mol. The SMILES string of the molecule is C[C@H]1CN(C(=O)Nc2ccc(CN3CCN(C)CC3)c(C(F)(F)F)c2)Cc2cc(Oc3c(F)cnc4[nH]c(C(=O)N(C)C)cc34)ccc21. The molecule has 0 saturated carbocycles. The largest absolute Gasteiger partial charge is 0.453 e. The highest BCUT2D eigenvalue weighted by Gasteiger charge is 2.35. The van der Waals surface area contributed by atoms with Crippen LogP contribution in [-0.2, 0) is 19.3 Å². The Hall–Kier alpha value is -4.69. The second-order valence-corrected chi connectivity index (χ2v) is 12.7. The molecule has 6 rings (SSSR count). The van der Waals surface area contributed by atoms with Gasteiger partial charge in [0.25, 0.3) is 5.91 Å². The third-order valence-electron chi connectivity index (χ3n) is 8.87. The number of hydrogen-bond acceptors (Lipinski definition) is 6. The number of nitrogens with zero attached hydrogens (tertiary/aromatic N) is 5. The number of alkyl halides is 3. The maximum Gasteiger partial charge on any atom is 0.416 e. The van der Waals surface area contributed by atoms with Crippen LogP contribution in [0, 0.1) is 5.82 Å². The molecule has 2 aromatic carbocycles. The number of ether oxygens (including phenoxy) is 1. The van der Waals surface area contributed by atoms with Gasteiger partial charge in [-0.15, -0.1) is 0 Å². The zero-order valence-electron chi connectivity index (χ0n) is 27.1. The van der Waals surface area contributed by atoms with E-state index in [4.69, 9.17) is 4.74 Å². The molecule has 1 fully saturated rings. The zero-order valence-corrected chi connectivity index (χ0v) is 27.1. The molecule has 1 atom stereocenters. The van der Waals surface area contributed by atoms with Gasteiger partial charge in [0.2, 0.25) is 0 Å². The van der Waals surface area contributed by atoms with Crippen molar-refractivity contribution in [1.29, 1.82) is 0 Å². The highest BCUT2D eigenvalue weighted by Crippen LogP contribution is 2.37. The van der Waals surface area contributed by atoms with Gasteiger partial charge >= 0.3 is 12.2 Å². The molecule has 2 aliphatic heterocycles. The molecule has 0 unspecified atom stereocenters. The van der Waals surface area contributed by atoms with Gasteiger partial charge in [-0.3, -0.25) is 9.69 Å². The van der Waals surface area contributed by atoms with Crippen LogP contribution in [0.25, 0.3) is 11.0 Å². The number of aromatic amines is 1. The molecule has 254 valence electrons. The van der Waals surface area contributed by atoms with E-state index in [0.717, 1.165) is 36.5 Å². The summed E-state index contributed by atoms with van der Waals surface area (Å²) < 4.78 is 63.3. The van der Waals surface area contributed by atoms with Crippen LogP contribution in [-0.4, -0.2) is 95.4 Å². The van der Waals surface area contributed by atoms with Gasteiger partial charge in [0, 0.05) is 65.6 Å². The summed E-state index contributed by atoms with van der Waals surface area (Å²) in [5, 5.41) is 2.95. The molecule has 14 heteroatoms. The number of amides is 3. The minimum Gasteiger partial charge on any atom is -0.453 e. The first-order chi connectivity index (χ1) is 22.8. The summed E-state index contributed by atoms with van der Waals surface area (Å²) in [5.41, 5.74) is 1.69. The molecule has 0 aliphatic carbocycles. The third kappa shape index (κ3) is 6.95. The molecule has 48 heavy (non-hydrogen) atoms. The van der Waals surface area contributed by atoms with Gasteiger partial charge in [-0.1, -0.05) is 19.1 Å². The second-order valence-electron chi connectivity index (χ2n) is 12.7. The summed E-state index contributed by atoms with van der Waals surface area (Å²) in [6, 6.07) is 10.2. The van der Waals surface area contributed by atoms with Crippen LogP contribution in [0.4, 0.5) is 28.0 Å². The number of carbonyl (C=O) groups is 2. The maximum atomic E-state index is 15.0. The number of aromatic nitrogens is 2. The number of fused-ring (bicyclic) bond motifs is 2. The number of H-pyrrole nitrogens is 1. The first kappa shape index (κ1) is 33.2. The predicted octanol–water partition coefficient (Wildman–Crippen LogP) is 6.11. The highest BCUT2D eigenvalue weighted by atomic mass is 19.4. The van der Waals surface area contributed by atoms with Crippen molar-refractivity contribution in [3.05, 3.63) is 82.4 Å². The highest BCUT2D eigenvalue weighted by molar-refractivity contribution is 5.98. The standard InChI is InChI=1S/C34H37F4N7O3/c1-20-17-45(33(47)40-23-6-5-21(27(14-23)34(36,37)38)18-44-11-9-43(4)10-12-44)19-22-13-24(7-8-25(20)22)48-30-26-15-29(32(46)42(2)3)41-31(26)39-16-28(30)35/h5-8,13-16,20H,9-12,17-19H2,1-4H3,(H,39,41)(H,40,47)/t20-/m0/s1. The fraction of sp³-hybridized carbons (Fsp3) is 0.382. The summed E-state index contributed by atoms with van der Waals surface area (Å²) in [5.74, 6) is -0.910. The van der Waals surface area contributed by atoms with Crippen molar-refractivity contribution in [3.8, 4) is 11.5 Å². The first-order valence-electron chi connectivity index (χ1n) is 15.6. The number of carbonyl (C=O) groups excluding carboxylic acids is 2. The fourth-order valence-corrected chi connectivity index (χ4v) is 6.23. The van der Waals surface area contributed by atoms with Crippen molar-refractivity contribution in [2.24, 2.45) is 0 Å². The van der Waals surface area contributed by atoms with E-state index < -0.39 is 23.6 Å². The van der Waals surface area contributed by atoms with E-state index in [1.54, 1.807) is 26.2 Å². The topological polar surface area (TPSA) is 97.0 Å². The summed E-state index contributed by atoms with van der Waals surface area (Å²) in [6.07, 6.45) is -3.57. The number of benzene rings is 2. The molecule has 1 saturated heterocycles. The maximum absolute atomic E-state index is 15.0. The predicted molar refractivity (Wildman–Crippen MR) is 173 cm³/mol. The van der Waals surface area contributed by atoms with Gasteiger partial charge in [0.05, 0.1) is 17.1 Å². The lowest BCUT2D eigenvalue weighted by molar-refractivity contribution is -0.138. The van der Waals surface area contributed by atoms with Gasteiger partial charge in [-0.2, -0.15) is 13.2 Å². The van der Waals surface area contributed by atoms with Crippen LogP contribution in [0.15, 0.2) is 48.7 Å². The number of likely N-dealkylation sites (N-methyl/N-ethyl adjacent to an activating group) is 1. The Labute approximate surface area is 275 Å². The number of hydrogen-bond donors (Lipinski definition) is 2.